The molecule has 0 atom stereocenters. The van der Waals surface area contributed by atoms with Crippen LogP contribution in [0.1, 0.15) is 19.5 Å². The first kappa shape index (κ1) is 10.6. The molecule has 0 amide bonds. The van der Waals surface area contributed by atoms with E-state index in [0.717, 1.165) is 4.90 Å². The molecule has 2 nitrogen and oxygen atoms in total. The van der Waals surface area contributed by atoms with Crippen LogP contribution in [0.15, 0.2) is 23.2 Å². The Balaban J connectivity index is 2.95. The van der Waals surface area contributed by atoms with Gasteiger partial charge in [0.15, 0.2) is 0 Å². The van der Waals surface area contributed by atoms with Crippen LogP contribution in [0.5, 0.6) is 0 Å². The highest BCUT2D eigenvalue weighted by Crippen LogP contribution is 2.11. The molecule has 0 aliphatic rings. The van der Waals surface area contributed by atoms with Crippen molar-refractivity contribution >= 4 is 12.6 Å². The molecule has 14 heavy (non-hydrogen) atoms. The second kappa shape index (κ2) is 4.17. The molecule has 0 aliphatic carbocycles. The SMILES string of the molecule is CC(C)(C#N)C#Cc1cc(S)ccn1. The molecule has 0 unspecified atom stereocenters. The lowest BCUT2D eigenvalue weighted by atomic mass is 9.97. The maximum absolute atomic E-state index is 8.74. The van der Waals surface area contributed by atoms with Crippen molar-refractivity contribution < 1.29 is 0 Å². The maximum atomic E-state index is 8.74. The fourth-order valence-corrected chi connectivity index (χ4v) is 0.925. The lowest BCUT2D eigenvalue weighted by molar-refractivity contribution is 0.673. The van der Waals surface area contributed by atoms with Crippen LogP contribution in [-0.2, 0) is 0 Å². The molecule has 0 fully saturated rings. The van der Waals surface area contributed by atoms with Gasteiger partial charge in [-0.2, -0.15) is 5.26 Å². The lowest BCUT2D eigenvalue weighted by Crippen LogP contribution is -2.03. The van der Waals surface area contributed by atoms with E-state index in [9.17, 15) is 0 Å². The van der Waals surface area contributed by atoms with Gasteiger partial charge in [0.2, 0.25) is 0 Å². The van der Waals surface area contributed by atoms with E-state index in [2.05, 4.69) is 35.5 Å². The molecule has 1 heterocycles. The quantitative estimate of drug-likeness (QED) is 0.517. The van der Waals surface area contributed by atoms with E-state index in [1.54, 1.807) is 32.2 Å². The van der Waals surface area contributed by atoms with E-state index >= 15 is 0 Å². The van der Waals surface area contributed by atoms with Gasteiger partial charge in [0, 0.05) is 11.1 Å². The van der Waals surface area contributed by atoms with Crippen LogP contribution in [0, 0.1) is 28.6 Å². The molecule has 0 bridgehead atoms. The van der Waals surface area contributed by atoms with Crippen molar-refractivity contribution in [2.75, 3.05) is 0 Å². The van der Waals surface area contributed by atoms with Gasteiger partial charge >= 0.3 is 0 Å². The number of nitriles is 1. The molecule has 0 radical (unpaired) electrons. The van der Waals surface area contributed by atoms with Crippen LogP contribution in [-0.4, -0.2) is 4.98 Å². The predicted octanol–water partition coefficient (Wildman–Crippen LogP) is 2.27. The molecule has 70 valence electrons. The highest BCUT2D eigenvalue weighted by Gasteiger charge is 2.11. The minimum atomic E-state index is -0.631. The van der Waals surface area contributed by atoms with E-state index in [0.29, 0.717) is 5.69 Å². The molecule has 1 aromatic heterocycles. The first-order valence-corrected chi connectivity index (χ1v) is 4.58. The minimum Gasteiger partial charge on any atom is -0.248 e. The van der Waals surface area contributed by atoms with E-state index in [1.165, 1.54) is 0 Å². The Kier molecular flexibility index (Phi) is 3.17. The number of nitrogens with zero attached hydrogens (tertiary/aromatic N) is 2. The average molecular weight is 202 g/mol. The number of rotatable bonds is 0. The summed E-state index contributed by atoms with van der Waals surface area (Å²) in [5.74, 6) is 5.69. The summed E-state index contributed by atoms with van der Waals surface area (Å²) in [4.78, 5) is 4.86. The van der Waals surface area contributed by atoms with E-state index in [4.69, 9.17) is 5.26 Å². The van der Waals surface area contributed by atoms with Gasteiger partial charge in [0.05, 0.1) is 6.07 Å². The topological polar surface area (TPSA) is 36.7 Å². The third-order valence-electron chi connectivity index (χ3n) is 1.53. The Bertz CT molecular complexity index is 433. The second-order valence-electron chi connectivity index (χ2n) is 3.39. The van der Waals surface area contributed by atoms with E-state index in [-0.39, 0.29) is 0 Å². The van der Waals surface area contributed by atoms with Crippen LogP contribution in [0.4, 0.5) is 0 Å². The number of hydrogen-bond donors (Lipinski definition) is 1. The second-order valence-corrected chi connectivity index (χ2v) is 3.90. The van der Waals surface area contributed by atoms with Crippen LogP contribution < -0.4 is 0 Å². The normalized spacial score (nSPS) is 9.86. The summed E-state index contributed by atoms with van der Waals surface area (Å²) in [6.07, 6.45) is 1.64. The van der Waals surface area contributed by atoms with Gasteiger partial charge in [-0.1, -0.05) is 5.92 Å². The molecule has 0 spiro atoms. The van der Waals surface area contributed by atoms with Gasteiger partial charge in [0.1, 0.15) is 11.1 Å². The average Bonchev–Trinajstić information content (AvgIpc) is 2.15. The Morgan fingerprint density at radius 2 is 2.21 bits per heavy atom. The third kappa shape index (κ3) is 3.12. The Morgan fingerprint density at radius 3 is 2.79 bits per heavy atom. The third-order valence-corrected chi connectivity index (χ3v) is 1.80. The van der Waals surface area contributed by atoms with Crippen molar-refractivity contribution in [2.45, 2.75) is 18.7 Å². The number of pyridine rings is 1. The van der Waals surface area contributed by atoms with Crippen molar-refractivity contribution in [3.05, 3.63) is 24.0 Å². The zero-order valence-electron chi connectivity index (χ0n) is 8.07. The van der Waals surface area contributed by atoms with Gasteiger partial charge in [-0.25, -0.2) is 4.98 Å². The molecular formula is C11H10N2S. The van der Waals surface area contributed by atoms with Gasteiger partial charge < -0.3 is 0 Å². The first-order chi connectivity index (χ1) is 6.53. The van der Waals surface area contributed by atoms with Crippen molar-refractivity contribution in [1.82, 2.24) is 4.98 Å². The monoisotopic (exact) mass is 202 g/mol. The smallest absolute Gasteiger partial charge is 0.114 e. The summed E-state index contributed by atoms with van der Waals surface area (Å²) < 4.78 is 0. The van der Waals surface area contributed by atoms with E-state index < -0.39 is 5.41 Å². The Labute approximate surface area is 89.4 Å². The summed E-state index contributed by atoms with van der Waals surface area (Å²) in [7, 11) is 0. The summed E-state index contributed by atoms with van der Waals surface area (Å²) in [5, 5.41) is 8.74. The lowest BCUT2D eigenvalue weighted by Gasteiger charge is -2.02. The molecular weight excluding hydrogens is 192 g/mol. The maximum Gasteiger partial charge on any atom is 0.114 e. The van der Waals surface area contributed by atoms with Gasteiger partial charge in [-0.05, 0) is 31.9 Å². The fourth-order valence-electron chi connectivity index (χ4n) is 0.736. The molecule has 3 heteroatoms. The first-order valence-electron chi connectivity index (χ1n) is 4.13. The van der Waals surface area contributed by atoms with Crippen molar-refractivity contribution in [2.24, 2.45) is 5.41 Å². The number of hydrogen-bond acceptors (Lipinski definition) is 3. The molecule has 0 aliphatic heterocycles. The molecule has 0 aromatic carbocycles. The van der Waals surface area contributed by atoms with Crippen molar-refractivity contribution in [3.63, 3.8) is 0 Å². The number of thiol groups is 1. The van der Waals surface area contributed by atoms with Crippen LogP contribution in [0.3, 0.4) is 0 Å². The summed E-state index contributed by atoms with van der Waals surface area (Å²) >= 11 is 4.17. The standard InChI is InChI=1S/C11H10N2S/c1-11(2,8-12)5-3-9-7-10(14)4-6-13-9/h4,6-7H,1-2H3,(H,13,14). The van der Waals surface area contributed by atoms with E-state index in [1.807, 2.05) is 0 Å². The molecule has 1 aromatic rings. The highest BCUT2D eigenvalue weighted by molar-refractivity contribution is 7.80. The zero-order chi connectivity index (χ0) is 10.6. The largest absolute Gasteiger partial charge is 0.248 e. The van der Waals surface area contributed by atoms with Crippen LogP contribution in [0.2, 0.25) is 0 Å². The van der Waals surface area contributed by atoms with Gasteiger partial charge in [0.25, 0.3) is 0 Å². The summed E-state index contributed by atoms with van der Waals surface area (Å²) in [6.45, 7) is 3.54. The molecule has 0 saturated carbocycles. The predicted molar refractivity (Wildman–Crippen MR) is 57.8 cm³/mol. The van der Waals surface area contributed by atoms with Crippen molar-refractivity contribution in [1.29, 1.82) is 5.26 Å². The molecule has 1 rings (SSSR count). The minimum absolute atomic E-state index is 0.631. The summed E-state index contributed by atoms with van der Waals surface area (Å²) in [5.41, 5.74) is 0.00898. The summed E-state index contributed by atoms with van der Waals surface area (Å²) in [6, 6.07) is 5.65. The number of aromatic nitrogens is 1. The molecule has 0 saturated heterocycles. The van der Waals surface area contributed by atoms with Crippen LogP contribution >= 0.6 is 12.6 Å². The fraction of sp³-hybridized carbons (Fsp3) is 0.273. The van der Waals surface area contributed by atoms with Gasteiger partial charge in [-0.3, -0.25) is 0 Å². The van der Waals surface area contributed by atoms with Crippen molar-refractivity contribution in [3.8, 4) is 17.9 Å². The Hall–Kier alpha value is -1.45. The van der Waals surface area contributed by atoms with Gasteiger partial charge in [-0.15, -0.1) is 12.6 Å². The molecule has 0 N–H and O–H groups in total. The zero-order valence-corrected chi connectivity index (χ0v) is 8.97. The van der Waals surface area contributed by atoms with Crippen LogP contribution in [0.25, 0.3) is 0 Å². The Morgan fingerprint density at radius 1 is 1.50 bits per heavy atom. The highest BCUT2D eigenvalue weighted by atomic mass is 32.1.